The molecule has 1 heterocycles. The van der Waals surface area contributed by atoms with Gasteiger partial charge in [-0.05, 0) is 25.8 Å². The molecular formula is C15H22O3. The van der Waals surface area contributed by atoms with E-state index in [0.717, 1.165) is 30.8 Å². The monoisotopic (exact) mass is 250 g/mol. The summed E-state index contributed by atoms with van der Waals surface area (Å²) in [4.78, 5) is 0. The predicted molar refractivity (Wildman–Crippen MR) is 70.7 cm³/mol. The van der Waals surface area contributed by atoms with Crippen molar-refractivity contribution < 1.29 is 14.6 Å². The van der Waals surface area contributed by atoms with Gasteiger partial charge < -0.3 is 14.6 Å². The van der Waals surface area contributed by atoms with E-state index in [2.05, 4.69) is 6.92 Å². The molecule has 1 aliphatic rings. The molecule has 0 spiro atoms. The van der Waals surface area contributed by atoms with Crippen LogP contribution in [0.4, 0.5) is 0 Å². The SMILES string of the molecule is CCOc1ccccc1C(O)C1CCOC1CC. The summed E-state index contributed by atoms with van der Waals surface area (Å²) in [5.41, 5.74) is 0.883. The minimum atomic E-state index is -0.500. The van der Waals surface area contributed by atoms with Gasteiger partial charge >= 0.3 is 0 Å². The Morgan fingerprint density at radius 1 is 1.39 bits per heavy atom. The van der Waals surface area contributed by atoms with Crippen molar-refractivity contribution in [2.45, 2.75) is 38.9 Å². The van der Waals surface area contributed by atoms with Crippen LogP contribution in [-0.4, -0.2) is 24.4 Å². The molecule has 0 saturated carbocycles. The molecule has 1 aromatic rings. The van der Waals surface area contributed by atoms with E-state index in [1.165, 1.54) is 0 Å². The molecule has 2 rings (SSSR count). The Bertz CT molecular complexity index is 378. The second-order valence-electron chi connectivity index (χ2n) is 4.69. The molecular weight excluding hydrogens is 228 g/mol. The van der Waals surface area contributed by atoms with Crippen molar-refractivity contribution in [1.29, 1.82) is 0 Å². The largest absolute Gasteiger partial charge is 0.493 e. The topological polar surface area (TPSA) is 38.7 Å². The zero-order chi connectivity index (χ0) is 13.0. The van der Waals surface area contributed by atoms with Crippen LogP contribution in [0, 0.1) is 5.92 Å². The van der Waals surface area contributed by atoms with Gasteiger partial charge in [0.2, 0.25) is 0 Å². The Morgan fingerprint density at radius 3 is 2.89 bits per heavy atom. The second-order valence-corrected chi connectivity index (χ2v) is 4.69. The molecule has 3 unspecified atom stereocenters. The number of rotatable bonds is 5. The molecule has 0 aliphatic carbocycles. The van der Waals surface area contributed by atoms with E-state index in [4.69, 9.17) is 9.47 Å². The van der Waals surface area contributed by atoms with E-state index in [0.29, 0.717) is 6.61 Å². The van der Waals surface area contributed by atoms with E-state index in [1.807, 2.05) is 31.2 Å². The quantitative estimate of drug-likeness (QED) is 0.873. The van der Waals surface area contributed by atoms with Crippen molar-refractivity contribution in [2.75, 3.05) is 13.2 Å². The van der Waals surface area contributed by atoms with Crippen LogP contribution in [0.1, 0.15) is 38.4 Å². The highest BCUT2D eigenvalue weighted by Crippen LogP contribution is 2.38. The maximum atomic E-state index is 10.6. The van der Waals surface area contributed by atoms with Crippen molar-refractivity contribution in [1.82, 2.24) is 0 Å². The fraction of sp³-hybridized carbons (Fsp3) is 0.600. The van der Waals surface area contributed by atoms with Gasteiger partial charge in [-0.15, -0.1) is 0 Å². The van der Waals surface area contributed by atoms with Gasteiger partial charge in [0.25, 0.3) is 0 Å². The highest BCUT2D eigenvalue weighted by Gasteiger charge is 2.34. The van der Waals surface area contributed by atoms with Gasteiger partial charge in [-0.1, -0.05) is 25.1 Å². The highest BCUT2D eigenvalue weighted by atomic mass is 16.5. The minimum Gasteiger partial charge on any atom is -0.493 e. The summed E-state index contributed by atoms with van der Waals surface area (Å²) in [7, 11) is 0. The van der Waals surface area contributed by atoms with Gasteiger partial charge in [0, 0.05) is 18.1 Å². The Balaban J connectivity index is 2.19. The van der Waals surface area contributed by atoms with Crippen LogP contribution in [0.5, 0.6) is 5.75 Å². The third-order valence-electron chi connectivity index (χ3n) is 3.61. The lowest BCUT2D eigenvalue weighted by molar-refractivity contribution is 0.0296. The molecule has 0 aromatic heterocycles. The van der Waals surface area contributed by atoms with Crippen LogP contribution < -0.4 is 4.74 Å². The molecule has 0 radical (unpaired) electrons. The lowest BCUT2D eigenvalue weighted by Crippen LogP contribution is -2.22. The van der Waals surface area contributed by atoms with E-state index in [9.17, 15) is 5.11 Å². The van der Waals surface area contributed by atoms with Crippen molar-refractivity contribution in [3.8, 4) is 5.75 Å². The number of aliphatic hydroxyl groups excluding tert-OH is 1. The average Bonchev–Trinajstić information content (AvgIpc) is 2.87. The van der Waals surface area contributed by atoms with Gasteiger partial charge in [0.1, 0.15) is 5.75 Å². The number of ether oxygens (including phenoxy) is 2. The fourth-order valence-electron chi connectivity index (χ4n) is 2.69. The second kappa shape index (κ2) is 6.21. The molecule has 18 heavy (non-hydrogen) atoms. The molecule has 0 amide bonds. The zero-order valence-corrected chi connectivity index (χ0v) is 11.1. The highest BCUT2D eigenvalue weighted by molar-refractivity contribution is 5.35. The van der Waals surface area contributed by atoms with Gasteiger partial charge in [0.15, 0.2) is 0 Å². The predicted octanol–water partition coefficient (Wildman–Crippen LogP) is 2.93. The molecule has 3 heteroatoms. The first-order valence-electron chi connectivity index (χ1n) is 6.79. The van der Waals surface area contributed by atoms with E-state index in [1.54, 1.807) is 0 Å². The smallest absolute Gasteiger partial charge is 0.125 e. The first-order valence-corrected chi connectivity index (χ1v) is 6.79. The molecule has 1 fully saturated rings. The lowest BCUT2D eigenvalue weighted by Gasteiger charge is -2.24. The average molecular weight is 250 g/mol. The van der Waals surface area contributed by atoms with Gasteiger partial charge in [-0.2, -0.15) is 0 Å². The molecule has 0 bridgehead atoms. The molecule has 1 aliphatic heterocycles. The number of para-hydroxylation sites is 1. The molecule has 100 valence electrons. The Morgan fingerprint density at radius 2 is 2.17 bits per heavy atom. The number of hydrogen-bond donors (Lipinski definition) is 1. The Kier molecular flexibility index (Phi) is 4.61. The standard InChI is InChI=1S/C15H22O3/c1-3-13-12(9-10-18-13)15(16)11-7-5-6-8-14(11)17-4-2/h5-8,12-13,15-16H,3-4,9-10H2,1-2H3. The van der Waals surface area contributed by atoms with Crippen LogP contribution >= 0.6 is 0 Å². The molecule has 3 atom stereocenters. The van der Waals surface area contributed by atoms with Crippen LogP contribution in [0.3, 0.4) is 0 Å². The first-order chi connectivity index (χ1) is 8.77. The van der Waals surface area contributed by atoms with Crippen LogP contribution in [-0.2, 0) is 4.74 Å². The summed E-state index contributed by atoms with van der Waals surface area (Å²) in [6.45, 7) is 5.42. The third kappa shape index (κ3) is 2.68. The zero-order valence-electron chi connectivity index (χ0n) is 11.1. The van der Waals surface area contributed by atoms with Crippen LogP contribution in [0.15, 0.2) is 24.3 Å². The molecule has 3 nitrogen and oxygen atoms in total. The summed E-state index contributed by atoms with van der Waals surface area (Å²) < 4.78 is 11.2. The number of hydrogen-bond acceptors (Lipinski definition) is 3. The maximum absolute atomic E-state index is 10.6. The van der Waals surface area contributed by atoms with Crippen molar-refractivity contribution >= 4 is 0 Å². The number of aliphatic hydroxyl groups is 1. The van der Waals surface area contributed by atoms with Crippen LogP contribution in [0.25, 0.3) is 0 Å². The summed E-state index contributed by atoms with van der Waals surface area (Å²) in [6.07, 6.45) is 1.52. The summed E-state index contributed by atoms with van der Waals surface area (Å²) >= 11 is 0. The van der Waals surface area contributed by atoms with Crippen LogP contribution in [0.2, 0.25) is 0 Å². The summed E-state index contributed by atoms with van der Waals surface area (Å²) in [5.74, 6) is 0.964. The third-order valence-corrected chi connectivity index (χ3v) is 3.61. The van der Waals surface area contributed by atoms with E-state index < -0.39 is 6.10 Å². The van der Waals surface area contributed by atoms with E-state index >= 15 is 0 Å². The minimum absolute atomic E-state index is 0.162. The first kappa shape index (κ1) is 13.4. The van der Waals surface area contributed by atoms with Crippen molar-refractivity contribution in [3.05, 3.63) is 29.8 Å². The van der Waals surface area contributed by atoms with Crippen molar-refractivity contribution in [2.24, 2.45) is 5.92 Å². The summed E-state index contributed by atoms with van der Waals surface area (Å²) in [5, 5.41) is 10.6. The summed E-state index contributed by atoms with van der Waals surface area (Å²) in [6, 6.07) is 7.74. The maximum Gasteiger partial charge on any atom is 0.125 e. The lowest BCUT2D eigenvalue weighted by atomic mass is 9.88. The van der Waals surface area contributed by atoms with Gasteiger partial charge in [-0.3, -0.25) is 0 Å². The van der Waals surface area contributed by atoms with Gasteiger partial charge in [0.05, 0.1) is 18.8 Å². The van der Waals surface area contributed by atoms with E-state index in [-0.39, 0.29) is 12.0 Å². The Hall–Kier alpha value is -1.06. The molecule has 1 N–H and O–H groups in total. The van der Waals surface area contributed by atoms with Gasteiger partial charge in [-0.25, -0.2) is 0 Å². The Labute approximate surface area is 109 Å². The normalized spacial score (nSPS) is 25.1. The molecule has 1 aromatic carbocycles. The molecule has 1 saturated heterocycles. The van der Waals surface area contributed by atoms with Crippen molar-refractivity contribution in [3.63, 3.8) is 0 Å². The number of benzene rings is 1. The fourth-order valence-corrected chi connectivity index (χ4v) is 2.69.